The lowest BCUT2D eigenvalue weighted by Gasteiger charge is -2.31. The number of hydrogen-bond donors (Lipinski definition) is 2. The Bertz CT molecular complexity index is 2210. The van der Waals surface area contributed by atoms with Crippen molar-refractivity contribution >= 4 is 0 Å². The van der Waals surface area contributed by atoms with Gasteiger partial charge in [0.05, 0.1) is 52.9 Å². The highest BCUT2D eigenvalue weighted by Gasteiger charge is 2.53. The summed E-state index contributed by atoms with van der Waals surface area (Å²) in [5.74, 6) is 0. The zero-order valence-electron chi connectivity index (χ0n) is 36.3. The lowest BCUT2D eigenvalue weighted by molar-refractivity contribution is -0.223. The van der Waals surface area contributed by atoms with E-state index in [9.17, 15) is 10.2 Å². The molecule has 0 aliphatic carbocycles. The average Bonchev–Trinajstić information content (AvgIpc) is 3.88. The summed E-state index contributed by atoms with van der Waals surface area (Å²) in [7, 11) is 0. The van der Waals surface area contributed by atoms with Crippen LogP contribution in [-0.4, -0.2) is 84.8 Å². The Balaban J connectivity index is 1.06. The van der Waals surface area contributed by atoms with Gasteiger partial charge in [0.25, 0.3) is 0 Å². The minimum absolute atomic E-state index is 0.0235. The smallest absolute Gasteiger partial charge is 0.187 e. The molecule has 6 aromatic rings. The Labute approximate surface area is 381 Å². The van der Waals surface area contributed by atoms with Gasteiger partial charge < -0.3 is 52.8 Å². The first-order valence-corrected chi connectivity index (χ1v) is 22.3. The molecule has 0 amide bonds. The van der Waals surface area contributed by atoms with Crippen molar-refractivity contribution in [3.05, 3.63) is 215 Å². The lowest BCUT2D eigenvalue weighted by Crippen LogP contribution is -2.46. The Morgan fingerprint density at radius 1 is 0.385 bits per heavy atom. The Kier molecular flexibility index (Phi) is 17.4. The largest absolute Gasteiger partial charge is 0.388 e. The van der Waals surface area contributed by atoms with Crippen LogP contribution in [-0.2, 0) is 82.3 Å². The van der Waals surface area contributed by atoms with Crippen molar-refractivity contribution in [3.8, 4) is 0 Å². The predicted octanol–water partition coefficient (Wildman–Crippen LogP) is 7.95. The second kappa shape index (κ2) is 24.4. The molecule has 2 N–H and O–H groups in total. The molecule has 10 atom stereocenters. The third kappa shape index (κ3) is 13.5. The van der Waals surface area contributed by atoms with Gasteiger partial charge in [-0.25, -0.2) is 0 Å². The normalized spacial score (nSPS) is 23.9. The van der Waals surface area contributed by atoms with Crippen molar-refractivity contribution in [1.82, 2.24) is 0 Å². The molecule has 0 saturated carbocycles. The molecule has 2 fully saturated rings. The highest BCUT2D eigenvalue weighted by atomic mass is 16.7. The van der Waals surface area contributed by atoms with Crippen LogP contribution in [0, 0.1) is 0 Å². The summed E-state index contributed by atoms with van der Waals surface area (Å²) in [5.41, 5.74) is 5.70. The lowest BCUT2D eigenvalue weighted by atomic mass is 10.0. The van der Waals surface area contributed by atoms with Gasteiger partial charge in [0.1, 0.15) is 48.8 Å². The standard InChI is InChI=1S/C54H58O11/c55-45(37-57-31-39-19-7-1-8-20-39)47-49(59-33-41-23-11-3-12-24-41)52(62-36-44-29-17-6-18-30-44)54(65-47)63-38-46(58-32-40-21-9-2-10-22-40)48-50(60-34-42-25-13-4-14-26-42)51(53(56)64-48)61-35-43-27-15-5-16-28-43/h1-30,45-56H,31-38H2/t45-,46-,47+,48+,49+,50+,51-,52-,53-,54-/m1/s1. The first kappa shape index (κ1) is 46.4. The molecule has 6 aromatic carbocycles. The maximum absolute atomic E-state index is 11.8. The monoisotopic (exact) mass is 882 g/mol. The van der Waals surface area contributed by atoms with Crippen molar-refractivity contribution in [3.63, 3.8) is 0 Å². The molecular formula is C54H58O11. The van der Waals surface area contributed by atoms with E-state index in [1.54, 1.807) is 0 Å². The summed E-state index contributed by atoms with van der Waals surface area (Å²) in [5, 5.41) is 23.4. The topological polar surface area (TPSA) is 124 Å². The zero-order valence-corrected chi connectivity index (χ0v) is 36.3. The second-order valence-electron chi connectivity index (χ2n) is 16.2. The number of aliphatic hydroxyl groups excluding tert-OH is 2. The van der Waals surface area contributed by atoms with E-state index in [1.165, 1.54) is 0 Å². The van der Waals surface area contributed by atoms with E-state index in [-0.39, 0.29) is 46.2 Å². The summed E-state index contributed by atoms with van der Waals surface area (Å²) in [6.45, 7) is 1.37. The summed E-state index contributed by atoms with van der Waals surface area (Å²) in [6.07, 6.45) is -9.22. The second-order valence-corrected chi connectivity index (χ2v) is 16.2. The number of hydrogen-bond acceptors (Lipinski definition) is 11. The molecule has 2 saturated heterocycles. The number of rotatable bonds is 24. The van der Waals surface area contributed by atoms with Crippen LogP contribution < -0.4 is 0 Å². The molecule has 11 nitrogen and oxygen atoms in total. The molecule has 8 rings (SSSR count). The fraction of sp³-hybridized carbons (Fsp3) is 0.333. The van der Waals surface area contributed by atoms with Gasteiger partial charge in [-0.05, 0) is 33.4 Å². The Morgan fingerprint density at radius 3 is 1.20 bits per heavy atom. The number of ether oxygens (including phenoxy) is 9. The maximum atomic E-state index is 11.8. The maximum Gasteiger partial charge on any atom is 0.187 e. The molecule has 0 bridgehead atoms. The molecule has 0 radical (unpaired) electrons. The number of aliphatic hydroxyl groups is 2. The molecule has 2 aliphatic rings. The van der Waals surface area contributed by atoms with E-state index in [4.69, 9.17) is 42.6 Å². The van der Waals surface area contributed by atoms with Crippen LogP contribution in [0.1, 0.15) is 33.4 Å². The molecule has 0 unspecified atom stereocenters. The fourth-order valence-corrected chi connectivity index (χ4v) is 8.03. The minimum atomic E-state index is -1.33. The summed E-state index contributed by atoms with van der Waals surface area (Å²) >= 11 is 0. The zero-order chi connectivity index (χ0) is 44.5. The highest BCUT2D eigenvalue weighted by Crippen LogP contribution is 2.35. The third-order valence-corrected chi connectivity index (χ3v) is 11.5. The van der Waals surface area contributed by atoms with Gasteiger partial charge in [-0.3, -0.25) is 0 Å². The van der Waals surface area contributed by atoms with Crippen LogP contribution in [0.2, 0.25) is 0 Å². The van der Waals surface area contributed by atoms with Crippen molar-refractivity contribution in [2.24, 2.45) is 0 Å². The molecule has 11 heteroatoms. The quantitative estimate of drug-likeness (QED) is 0.0616. The summed E-state index contributed by atoms with van der Waals surface area (Å²) in [4.78, 5) is 0. The van der Waals surface area contributed by atoms with E-state index in [0.717, 1.165) is 33.4 Å². The van der Waals surface area contributed by atoms with Gasteiger partial charge in [0, 0.05) is 0 Å². The van der Waals surface area contributed by atoms with Crippen molar-refractivity contribution in [1.29, 1.82) is 0 Å². The highest BCUT2D eigenvalue weighted by molar-refractivity contribution is 5.18. The first-order chi connectivity index (χ1) is 32.1. The number of benzene rings is 6. The average molecular weight is 883 g/mol. The van der Waals surface area contributed by atoms with Crippen LogP contribution in [0.5, 0.6) is 0 Å². The van der Waals surface area contributed by atoms with Crippen LogP contribution >= 0.6 is 0 Å². The Morgan fingerprint density at radius 2 is 0.754 bits per heavy atom. The van der Waals surface area contributed by atoms with Crippen molar-refractivity contribution < 1.29 is 52.8 Å². The van der Waals surface area contributed by atoms with Gasteiger partial charge in [-0.1, -0.05) is 182 Å². The van der Waals surface area contributed by atoms with Gasteiger partial charge in [-0.2, -0.15) is 0 Å². The van der Waals surface area contributed by atoms with Gasteiger partial charge in [0.2, 0.25) is 0 Å². The van der Waals surface area contributed by atoms with Gasteiger partial charge in [-0.15, -0.1) is 0 Å². The fourth-order valence-electron chi connectivity index (χ4n) is 8.03. The molecule has 2 heterocycles. The Hall–Kier alpha value is -5.12. The molecule has 65 heavy (non-hydrogen) atoms. The van der Waals surface area contributed by atoms with Crippen LogP contribution in [0.3, 0.4) is 0 Å². The molecule has 0 aromatic heterocycles. The molecule has 0 spiro atoms. The van der Waals surface area contributed by atoms with Gasteiger partial charge in [0.15, 0.2) is 12.6 Å². The van der Waals surface area contributed by atoms with Crippen LogP contribution in [0.25, 0.3) is 0 Å². The van der Waals surface area contributed by atoms with E-state index in [0.29, 0.717) is 6.61 Å². The predicted molar refractivity (Wildman–Crippen MR) is 243 cm³/mol. The van der Waals surface area contributed by atoms with Crippen molar-refractivity contribution in [2.45, 2.75) is 101 Å². The first-order valence-electron chi connectivity index (χ1n) is 22.3. The minimum Gasteiger partial charge on any atom is -0.388 e. The SMILES string of the molecule is O[C@H](COCc1ccccc1)[C@@H]1O[C@@H](OC[C@@H](OCc2ccccc2)[C@@H]2O[C@@H](O)[C@H](OCc3ccccc3)[C@H]2OCc2ccccc2)[C@H](OCc2ccccc2)[C@H]1OCc1ccccc1. The van der Waals surface area contributed by atoms with E-state index in [2.05, 4.69) is 0 Å². The van der Waals surface area contributed by atoms with Crippen LogP contribution in [0.15, 0.2) is 182 Å². The van der Waals surface area contributed by atoms with Crippen molar-refractivity contribution in [2.75, 3.05) is 13.2 Å². The summed E-state index contributed by atoms with van der Waals surface area (Å²) in [6, 6.07) is 58.8. The van der Waals surface area contributed by atoms with Crippen LogP contribution in [0.4, 0.5) is 0 Å². The molecule has 340 valence electrons. The van der Waals surface area contributed by atoms with E-state index >= 15 is 0 Å². The van der Waals surface area contributed by atoms with E-state index in [1.807, 2.05) is 182 Å². The third-order valence-electron chi connectivity index (χ3n) is 11.5. The van der Waals surface area contributed by atoms with Gasteiger partial charge >= 0.3 is 0 Å². The molecule has 2 aliphatic heterocycles. The molecular weight excluding hydrogens is 825 g/mol. The van der Waals surface area contributed by atoms with E-state index < -0.39 is 61.4 Å². The summed E-state index contributed by atoms with van der Waals surface area (Å²) < 4.78 is 58.8.